The van der Waals surface area contributed by atoms with Gasteiger partial charge in [-0.1, -0.05) is 127 Å². The van der Waals surface area contributed by atoms with Crippen LogP contribution in [0.5, 0.6) is 0 Å². The third kappa shape index (κ3) is 23.4. The van der Waals surface area contributed by atoms with Crippen molar-refractivity contribution in [2.45, 2.75) is 154 Å². The summed E-state index contributed by atoms with van der Waals surface area (Å²) in [7, 11) is 0. The number of aliphatic hydroxyl groups excluding tert-OH is 3. The van der Waals surface area contributed by atoms with Gasteiger partial charge in [0, 0.05) is 0 Å². The van der Waals surface area contributed by atoms with E-state index in [9.17, 15) is 20.1 Å². The van der Waals surface area contributed by atoms with Crippen molar-refractivity contribution in [1.29, 1.82) is 0 Å². The number of carbonyl (C=O) groups excluding carboxylic acids is 1. The molecule has 0 fully saturated rings. The summed E-state index contributed by atoms with van der Waals surface area (Å²) in [6.45, 7) is 4.06. The average molecular weight is 522 g/mol. The third-order valence-electron chi connectivity index (χ3n) is 6.76. The minimum absolute atomic E-state index is 0.391. The second-order valence-electron chi connectivity index (χ2n) is 10.3. The van der Waals surface area contributed by atoms with Crippen molar-refractivity contribution in [2.75, 3.05) is 6.61 Å². The van der Waals surface area contributed by atoms with Crippen molar-refractivity contribution >= 4 is 5.91 Å². The van der Waals surface area contributed by atoms with Crippen LogP contribution in [0.2, 0.25) is 0 Å². The SMILES string of the molecule is CCCCCCC/C=C/C=C/[C@@H](O)[C@H](CO)NC(=O)C(O)CCCCCC/C=C\CCCCCCCC. The van der Waals surface area contributed by atoms with E-state index in [0.29, 0.717) is 6.42 Å². The minimum atomic E-state index is -1.12. The molecule has 0 bridgehead atoms. The number of hydrogen-bond acceptors (Lipinski definition) is 4. The molecular formula is C32H59NO4. The lowest BCUT2D eigenvalue weighted by Gasteiger charge is -2.21. The number of hydrogen-bond donors (Lipinski definition) is 4. The number of carbonyl (C=O) groups is 1. The fraction of sp³-hybridized carbons (Fsp3) is 0.781. The van der Waals surface area contributed by atoms with Gasteiger partial charge in [0.15, 0.2) is 0 Å². The van der Waals surface area contributed by atoms with Crippen LogP contribution in [0.25, 0.3) is 0 Å². The standard InChI is InChI=1S/C32H59NO4/c1-3-5-7-9-11-13-14-15-16-17-19-21-23-25-27-31(36)32(37)33-29(28-34)30(35)26-24-22-20-18-12-10-8-6-4-2/h15-16,20,22,24,26,29-31,34-36H,3-14,17-19,21,23,25,27-28H2,1-2H3,(H,33,37)/b16-15-,22-20+,26-24+/t29-,30+,31?/m0/s1. The van der Waals surface area contributed by atoms with E-state index in [2.05, 4.69) is 37.4 Å². The van der Waals surface area contributed by atoms with Crippen LogP contribution in [-0.4, -0.2) is 46.1 Å². The van der Waals surface area contributed by atoms with Gasteiger partial charge in [-0.2, -0.15) is 0 Å². The highest BCUT2D eigenvalue weighted by molar-refractivity contribution is 5.80. The average Bonchev–Trinajstić information content (AvgIpc) is 2.90. The van der Waals surface area contributed by atoms with Crippen LogP contribution in [0.1, 0.15) is 136 Å². The number of aliphatic hydroxyl groups is 3. The van der Waals surface area contributed by atoms with Crippen LogP contribution in [0.3, 0.4) is 0 Å². The molecule has 4 N–H and O–H groups in total. The molecule has 0 saturated heterocycles. The molecule has 216 valence electrons. The second-order valence-corrected chi connectivity index (χ2v) is 10.3. The molecule has 1 unspecified atom stereocenters. The smallest absolute Gasteiger partial charge is 0.249 e. The van der Waals surface area contributed by atoms with Crippen molar-refractivity contribution in [3.63, 3.8) is 0 Å². The van der Waals surface area contributed by atoms with Crippen LogP contribution < -0.4 is 5.32 Å². The largest absolute Gasteiger partial charge is 0.394 e. The summed E-state index contributed by atoms with van der Waals surface area (Å²) < 4.78 is 0. The Hall–Kier alpha value is -1.43. The van der Waals surface area contributed by atoms with E-state index in [-0.39, 0.29) is 0 Å². The Kier molecular flexibility index (Phi) is 26.5. The lowest BCUT2D eigenvalue weighted by molar-refractivity contribution is -0.131. The van der Waals surface area contributed by atoms with Crippen molar-refractivity contribution in [3.8, 4) is 0 Å². The monoisotopic (exact) mass is 521 g/mol. The Bertz CT molecular complexity index is 587. The summed E-state index contributed by atoms with van der Waals surface area (Å²) in [4.78, 5) is 12.3. The predicted octanol–water partition coefficient (Wildman–Crippen LogP) is 7.31. The van der Waals surface area contributed by atoms with Crippen LogP contribution in [0, 0.1) is 0 Å². The first-order chi connectivity index (χ1) is 18.1. The first kappa shape index (κ1) is 35.6. The van der Waals surface area contributed by atoms with Crippen LogP contribution in [0.4, 0.5) is 0 Å². The molecule has 1 amide bonds. The molecule has 5 heteroatoms. The highest BCUT2D eigenvalue weighted by Gasteiger charge is 2.22. The highest BCUT2D eigenvalue weighted by atomic mass is 16.3. The van der Waals surface area contributed by atoms with E-state index in [1.807, 2.05) is 6.08 Å². The van der Waals surface area contributed by atoms with E-state index in [1.54, 1.807) is 12.2 Å². The van der Waals surface area contributed by atoms with Crippen molar-refractivity contribution in [2.24, 2.45) is 0 Å². The topological polar surface area (TPSA) is 89.8 Å². The molecule has 0 saturated carbocycles. The lowest BCUT2D eigenvalue weighted by atomic mass is 10.1. The molecule has 0 rings (SSSR count). The van der Waals surface area contributed by atoms with Gasteiger partial charge in [0.05, 0.1) is 18.8 Å². The van der Waals surface area contributed by atoms with Gasteiger partial charge in [0.2, 0.25) is 5.91 Å². The van der Waals surface area contributed by atoms with Gasteiger partial charge in [-0.25, -0.2) is 0 Å². The number of unbranched alkanes of at least 4 members (excludes halogenated alkanes) is 15. The maximum absolute atomic E-state index is 12.3. The Balaban J connectivity index is 3.90. The zero-order valence-electron chi connectivity index (χ0n) is 24.1. The Morgan fingerprint density at radius 1 is 0.676 bits per heavy atom. The molecule has 37 heavy (non-hydrogen) atoms. The molecule has 0 aliphatic rings. The first-order valence-corrected chi connectivity index (χ1v) is 15.3. The Labute approximate surface area is 228 Å². The molecule has 0 aromatic heterocycles. The summed E-state index contributed by atoms with van der Waals surface area (Å²) in [5, 5.41) is 32.6. The molecule has 0 aliphatic heterocycles. The van der Waals surface area contributed by atoms with Crippen LogP contribution >= 0.6 is 0 Å². The summed E-state index contributed by atoms with van der Waals surface area (Å²) in [5.74, 6) is -0.535. The van der Waals surface area contributed by atoms with Gasteiger partial charge in [-0.05, 0) is 44.9 Å². The molecule has 0 spiro atoms. The molecule has 0 aromatic rings. The number of rotatable bonds is 26. The zero-order valence-corrected chi connectivity index (χ0v) is 24.1. The molecular weight excluding hydrogens is 462 g/mol. The fourth-order valence-corrected chi connectivity index (χ4v) is 4.23. The summed E-state index contributed by atoms with van der Waals surface area (Å²) in [6, 6.07) is -0.830. The van der Waals surface area contributed by atoms with Gasteiger partial charge >= 0.3 is 0 Å². The highest BCUT2D eigenvalue weighted by Crippen LogP contribution is 2.11. The maximum Gasteiger partial charge on any atom is 0.249 e. The summed E-state index contributed by atoms with van der Waals surface area (Å²) in [6.07, 6.45) is 31.6. The van der Waals surface area contributed by atoms with Gasteiger partial charge in [0.1, 0.15) is 6.10 Å². The fourth-order valence-electron chi connectivity index (χ4n) is 4.23. The van der Waals surface area contributed by atoms with Crippen molar-refractivity contribution in [1.82, 2.24) is 5.32 Å². The first-order valence-electron chi connectivity index (χ1n) is 15.3. The molecule has 0 aromatic carbocycles. The molecule has 0 radical (unpaired) electrons. The molecule has 0 aliphatic carbocycles. The number of allylic oxidation sites excluding steroid dienone is 5. The maximum atomic E-state index is 12.3. The molecule has 5 nitrogen and oxygen atoms in total. The van der Waals surface area contributed by atoms with E-state index in [4.69, 9.17) is 0 Å². The number of amides is 1. The van der Waals surface area contributed by atoms with Gasteiger partial charge < -0.3 is 20.6 Å². The normalized spacial score (nSPS) is 14.6. The zero-order chi connectivity index (χ0) is 27.4. The quantitative estimate of drug-likeness (QED) is 0.0546. The minimum Gasteiger partial charge on any atom is -0.394 e. The van der Waals surface area contributed by atoms with E-state index < -0.39 is 30.8 Å². The van der Waals surface area contributed by atoms with Crippen molar-refractivity contribution < 1.29 is 20.1 Å². The Morgan fingerprint density at radius 3 is 1.70 bits per heavy atom. The second kappa shape index (κ2) is 27.6. The van der Waals surface area contributed by atoms with E-state index in [1.165, 1.54) is 70.6 Å². The third-order valence-corrected chi connectivity index (χ3v) is 6.76. The van der Waals surface area contributed by atoms with Crippen LogP contribution in [-0.2, 0) is 4.79 Å². The predicted molar refractivity (Wildman–Crippen MR) is 158 cm³/mol. The van der Waals surface area contributed by atoms with Gasteiger partial charge in [-0.15, -0.1) is 0 Å². The Morgan fingerprint density at radius 2 is 1.16 bits per heavy atom. The van der Waals surface area contributed by atoms with Crippen LogP contribution in [0.15, 0.2) is 36.5 Å². The van der Waals surface area contributed by atoms with Gasteiger partial charge in [0.25, 0.3) is 0 Å². The molecule has 0 heterocycles. The van der Waals surface area contributed by atoms with E-state index in [0.717, 1.165) is 44.9 Å². The molecule has 3 atom stereocenters. The van der Waals surface area contributed by atoms with Gasteiger partial charge in [-0.3, -0.25) is 4.79 Å². The van der Waals surface area contributed by atoms with Crippen molar-refractivity contribution in [3.05, 3.63) is 36.5 Å². The number of nitrogens with one attached hydrogen (secondary N) is 1. The van der Waals surface area contributed by atoms with E-state index >= 15 is 0 Å². The lowest BCUT2D eigenvalue weighted by Crippen LogP contribution is -2.48. The summed E-state index contributed by atoms with van der Waals surface area (Å²) in [5.41, 5.74) is 0. The summed E-state index contributed by atoms with van der Waals surface area (Å²) >= 11 is 0.